The van der Waals surface area contributed by atoms with Crippen molar-refractivity contribution in [3.05, 3.63) is 57.7 Å². The summed E-state index contributed by atoms with van der Waals surface area (Å²) in [5.41, 5.74) is 1.15. The monoisotopic (exact) mass is 472 g/mol. The number of sulfonamides is 1. The predicted molar refractivity (Wildman–Crippen MR) is 124 cm³/mol. The van der Waals surface area contributed by atoms with Crippen LogP contribution in [0.4, 0.5) is 5.82 Å². The van der Waals surface area contributed by atoms with Crippen molar-refractivity contribution < 1.29 is 17.7 Å². The van der Waals surface area contributed by atoms with Crippen LogP contribution in [0.5, 0.6) is 0 Å². The van der Waals surface area contributed by atoms with E-state index in [0.29, 0.717) is 30.9 Å². The predicted octanol–water partition coefficient (Wildman–Crippen LogP) is 3.96. The molecule has 1 atom stereocenters. The average molecular weight is 473 g/mol. The molecular weight excluding hydrogens is 448 g/mol. The third kappa shape index (κ3) is 4.67. The minimum absolute atomic E-state index is 0.0481. The first-order valence-corrected chi connectivity index (χ1v) is 12.6. The maximum Gasteiger partial charge on any atom is 0.248 e. The minimum atomic E-state index is -3.88. The van der Waals surface area contributed by atoms with Crippen LogP contribution in [0.3, 0.4) is 0 Å². The van der Waals surface area contributed by atoms with Gasteiger partial charge in [0.15, 0.2) is 10.7 Å². The molecule has 10 heteroatoms. The Hall–Kier alpha value is -2.82. The van der Waals surface area contributed by atoms with E-state index in [4.69, 9.17) is 4.52 Å². The molecule has 0 bridgehead atoms. The van der Waals surface area contributed by atoms with Gasteiger partial charge in [-0.05, 0) is 61.9 Å². The number of nitrogens with one attached hydrogen (secondary N) is 1. The van der Waals surface area contributed by atoms with Crippen molar-refractivity contribution in [1.29, 1.82) is 0 Å². The van der Waals surface area contributed by atoms with Gasteiger partial charge >= 0.3 is 0 Å². The summed E-state index contributed by atoms with van der Waals surface area (Å²) in [7, 11) is -3.88. The van der Waals surface area contributed by atoms with Gasteiger partial charge in [0, 0.05) is 24.2 Å². The fraction of sp³-hybridized carbons (Fsp3) is 0.318. The molecule has 4 heterocycles. The Kier molecular flexibility index (Phi) is 6.54. The van der Waals surface area contributed by atoms with Crippen molar-refractivity contribution in [2.24, 2.45) is 5.92 Å². The van der Waals surface area contributed by atoms with E-state index in [0.717, 1.165) is 10.4 Å². The zero-order valence-corrected chi connectivity index (χ0v) is 19.4. The van der Waals surface area contributed by atoms with Crippen molar-refractivity contribution in [3.8, 4) is 0 Å². The van der Waals surface area contributed by atoms with E-state index >= 15 is 0 Å². The molecular formula is C22H24N4O4S2. The lowest BCUT2D eigenvalue weighted by Gasteiger charge is -2.31. The van der Waals surface area contributed by atoms with E-state index in [9.17, 15) is 13.2 Å². The van der Waals surface area contributed by atoms with Crippen molar-refractivity contribution in [3.63, 3.8) is 0 Å². The molecule has 1 fully saturated rings. The molecule has 0 spiro atoms. The molecule has 32 heavy (non-hydrogen) atoms. The number of carbonyl (C=O) groups is 1. The number of hydrogen-bond acceptors (Lipinski definition) is 7. The summed E-state index contributed by atoms with van der Waals surface area (Å²) < 4.78 is 33.6. The maximum absolute atomic E-state index is 13.5. The number of carbonyl (C=O) groups excluding carboxylic acids is 1. The van der Waals surface area contributed by atoms with E-state index in [-0.39, 0.29) is 23.1 Å². The van der Waals surface area contributed by atoms with Gasteiger partial charge in [0.25, 0.3) is 0 Å². The maximum atomic E-state index is 13.5. The van der Waals surface area contributed by atoms with E-state index in [1.807, 2.05) is 30.5 Å². The van der Waals surface area contributed by atoms with Gasteiger partial charge in [0.05, 0.1) is 5.92 Å². The number of piperidine rings is 1. The number of thiophene rings is 1. The van der Waals surface area contributed by atoms with Crippen LogP contribution in [0.1, 0.15) is 34.7 Å². The van der Waals surface area contributed by atoms with Gasteiger partial charge in [-0.15, -0.1) is 11.3 Å². The average Bonchev–Trinajstić information content (AvgIpc) is 3.43. The first kappa shape index (κ1) is 22.4. The number of hydrogen-bond donors (Lipinski definition) is 1. The van der Waals surface area contributed by atoms with Crippen LogP contribution in [-0.2, 0) is 14.8 Å². The summed E-state index contributed by atoms with van der Waals surface area (Å²) in [6.07, 6.45) is 6.23. The van der Waals surface area contributed by atoms with Crippen LogP contribution in [0.2, 0.25) is 0 Å². The first-order chi connectivity index (χ1) is 15.4. The van der Waals surface area contributed by atoms with Gasteiger partial charge < -0.3 is 9.84 Å². The van der Waals surface area contributed by atoms with Crippen molar-refractivity contribution in [2.45, 2.75) is 31.6 Å². The molecule has 3 aromatic heterocycles. The van der Waals surface area contributed by atoms with Gasteiger partial charge in [0.1, 0.15) is 11.5 Å². The summed E-state index contributed by atoms with van der Waals surface area (Å²) in [5.74, 6) is -0.0169. The molecule has 1 aliphatic heterocycles. The van der Waals surface area contributed by atoms with E-state index in [1.165, 1.54) is 15.6 Å². The molecule has 3 aromatic rings. The molecule has 1 saturated heterocycles. The number of nitrogens with zero attached hydrogens (tertiary/aromatic N) is 3. The second-order valence-electron chi connectivity index (χ2n) is 7.67. The lowest BCUT2D eigenvalue weighted by atomic mass is 9.99. The van der Waals surface area contributed by atoms with Gasteiger partial charge in [-0.3, -0.25) is 4.79 Å². The highest BCUT2D eigenvalue weighted by Crippen LogP contribution is 2.30. The summed E-state index contributed by atoms with van der Waals surface area (Å²) in [4.78, 5) is 18.1. The second-order valence-corrected chi connectivity index (χ2v) is 10.5. The van der Waals surface area contributed by atoms with Gasteiger partial charge in [-0.1, -0.05) is 17.3 Å². The summed E-state index contributed by atoms with van der Waals surface area (Å²) in [6, 6.07) is 7.50. The fourth-order valence-electron chi connectivity index (χ4n) is 3.68. The lowest BCUT2D eigenvalue weighted by molar-refractivity contribution is -0.120. The van der Waals surface area contributed by atoms with Gasteiger partial charge in [0.2, 0.25) is 15.9 Å². The van der Waals surface area contributed by atoms with Crippen LogP contribution in [0, 0.1) is 19.8 Å². The normalized spacial score (nSPS) is 17.6. The zero-order chi connectivity index (χ0) is 22.7. The number of pyridine rings is 1. The number of rotatable bonds is 6. The second kappa shape index (κ2) is 9.35. The molecule has 4 rings (SSSR count). The quantitative estimate of drug-likeness (QED) is 0.582. The van der Waals surface area contributed by atoms with E-state index in [2.05, 4.69) is 15.5 Å². The third-order valence-electron chi connectivity index (χ3n) is 5.38. The number of aromatic nitrogens is 2. The number of anilines is 1. The largest absolute Gasteiger partial charge is 0.355 e. The Morgan fingerprint density at radius 3 is 2.88 bits per heavy atom. The highest BCUT2D eigenvalue weighted by molar-refractivity contribution is 7.89. The van der Waals surface area contributed by atoms with Gasteiger partial charge in [-0.2, -0.15) is 4.31 Å². The van der Waals surface area contributed by atoms with E-state index < -0.39 is 15.9 Å². The Morgan fingerprint density at radius 2 is 2.12 bits per heavy atom. The van der Waals surface area contributed by atoms with Gasteiger partial charge in [-0.25, -0.2) is 13.4 Å². The molecule has 1 amide bonds. The Balaban J connectivity index is 1.54. The molecule has 0 unspecified atom stereocenters. The molecule has 0 saturated carbocycles. The molecule has 0 aliphatic carbocycles. The van der Waals surface area contributed by atoms with Crippen LogP contribution >= 0.6 is 11.3 Å². The van der Waals surface area contributed by atoms with Crippen LogP contribution in [-0.4, -0.2) is 41.9 Å². The summed E-state index contributed by atoms with van der Waals surface area (Å²) >= 11 is 1.54. The lowest BCUT2D eigenvalue weighted by Crippen LogP contribution is -2.44. The molecule has 1 aliphatic rings. The highest BCUT2D eigenvalue weighted by Gasteiger charge is 2.37. The molecule has 0 aromatic carbocycles. The van der Waals surface area contributed by atoms with Crippen molar-refractivity contribution >= 4 is 45.2 Å². The van der Waals surface area contributed by atoms with Crippen molar-refractivity contribution in [1.82, 2.24) is 14.4 Å². The fourth-order valence-corrected chi connectivity index (χ4v) is 6.07. The third-order valence-corrected chi connectivity index (χ3v) is 8.24. The molecule has 0 radical (unpaired) electrons. The Labute approximate surface area is 191 Å². The SMILES string of the molecule is Cc1cccnc1NC(=O)[C@H]1CCCN(S(=O)(=O)c2c(C)noc2/C=C/c2cccs2)C1. The highest BCUT2D eigenvalue weighted by atomic mass is 32.2. The Bertz CT molecular complexity index is 1230. The Morgan fingerprint density at radius 1 is 1.28 bits per heavy atom. The standard InChI is InChI=1S/C22H24N4O4S2/c1-15-6-3-11-23-21(15)24-22(27)17-7-4-12-26(14-17)32(28,29)20-16(2)25-30-19(20)10-9-18-8-5-13-31-18/h3,5-6,8-11,13,17H,4,7,12,14H2,1-2H3,(H,23,24,27)/b10-9+/t17-/m0/s1. The molecule has 8 nitrogen and oxygen atoms in total. The molecule has 1 N–H and O–H groups in total. The summed E-state index contributed by atoms with van der Waals surface area (Å²) in [6.45, 7) is 3.91. The molecule has 168 valence electrons. The first-order valence-electron chi connectivity index (χ1n) is 10.3. The van der Waals surface area contributed by atoms with Crippen LogP contribution in [0.25, 0.3) is 12.2 Å². The summed E-state index contributed by atoms with van der Waals surface area (Å²) in [5, 5.41) is 8.65. The number of aryl methyl sites for hydroxylation is 2. The van der Waals surface area contributed by atoms with E-state index in [1.54, 1.807) is 31.3 Å². The minimum Gasteiger partial charge on any atom is -0.355 e. The number of amides is 1. The zero-order valence-electron chi connectivity index (χ0n) is 17.8. The van der Waals surface area contributed by atoms with Crippen LogP contribution < -0.4 is 5.32 Å². The van der Waals surface area contributed by atoms with Crippen LogP contribution in [0.15, 0.2) is 45.3 Å². The topological polar surface area (TPSA) is 105 Å². The van der Waals surface area contributed by atoms with Crippen molar-refractivity contribution in [2.75, 3.05) is 18.4 Å². The smallest absolute Gasteiger partial charge is 0.248 e.